The van der Waals surface area contributed by atoms with Crippen molar-refractivity contribution in [2.24, 2.45) is 10.8 Å². The van der Waals surface area contributed by atoms with E-state index in [0.29, 0.717) is 17.9 Å². The second-order valence-corrected chi connectivity index (χ2v) is 13.1. The first-order chi connectivity index (χ1) is 17.3. The predicted octanol–water partition coefficient (Wildman–Crippen LogP) is 4.03. The number of anilines is 2. The normalized spacial score (nSPS) is 22.8. The number of rotatable bonds is 7. The molecule has 1 aliphatic heterocycles. The first kappa shape index (κ1) is 26.8. The van der Waals surface area contributed by atoms with Crippen molar-refractivity contribution in [3.8, 4) is 0 Å². The summed E-state index contributed by atoms with van der Waals surface area (Å²) < 4.78 is 33.8. The van der Waals surface area contributed by atoms with Gasteiger partial charge in [-0.05, 0) is 72.6 Å². The molecule has 1 saturated heterocycles. The van der Waals surface area contributed by atoms with E-state index < -0.39 is 28.5 Å². The van der Waals surface area contributed by atoms with Crippen LogP contribution in [0.15, 0.2) is 53.4 Å². The van der Waals surface area contributed by atoms with E-state index in [1.807, 2.05) is 0 Å². The van der Waals surface area contributed by atoms with Crippen LogP contribution in [0.2, 0.25) is 0 Å². The third-order valence-corrected chi connectivity index (χ3v) is 8.76. The third kappa shape index (κ3) is 6.19. The highest BCUT2D eigenvalue weighted by Gasteiger charge is 2.53. The van der Waals surface area contributed by atoms with Gasteiger partial charge in [0, 0.05) is 30.9 Å². The monoisotopic (exact) mass is 527 g/mol. The molecule has 37 heavy (non-hydrogen) atoms. The number of benzene rings is 2. The van der Waals surface area contributed by atoms with Crippen LogP contribution in [0.25, 0.3) is 0 Å². The summed E-state index contributed by atoms with van der Waals surface area (Å²) in [5.41, 5.74) is 1.12. The van der Waals surface area contributed by atoms with Gasteiger partial charge in [0.25, 0.3) is 5.91 Å². The largest absolute Gasteiger partial charge is 0.452 e. The van der Waals surface area contributed by atoms with Crippen molar-refractivity contribution in [3.63, 3.8) is 0 Å². The van der Waals surface area contributed by atoms with E-state index in [2.05, 4.69) is 31.4 Å². The standard InChI is InChI=1S/C27H33N3O6S/c1-18(31)28-20-8-10-21(11-9-20)29-24(32)15-36-25(33)19-6-5-7-23(12-19)37(34,35)30-17-27(4)14-22(30)13-26(2,3)16-27/h5-12,22H,13-17H2,1-4H3,(H,28,31)(H,29,32). The van der Waals surface area contributed by atoms with E-state index >= 15 is 0 Å². The molecule has 2 atom stereocenters. The average molecular weight is 528 g/mol. The van der Waals surface area contributed by atoms with Gasteiger partial charge in [-0.25, -0.2) is 13.2 Å². The molecule has 2 N–H and O–H groups in total. The Labute approximate surface area is 217 Å². The quantitative estimate of drug-likeness (QED) is 0.525. The van der Waals surface area contributed by atoms with Crippen LogP contribution in [0.1, 0.15) is 57.3 Å². The van der Waals surface area contributed by atoms with Gasteiger partial charge in [-0.2, -0.15) is 4.31 Å². The fourth-order valence-corrected chi connectivity index (χ4v) is 7.68. The topological polar surface area (TPSA) is 122 Å². The molecule has 2 amide bonds. The molecule has 2 aromatic carbocycles. The van der Waals surface area contributed by atoms with E-state index in [1.54, 1.807) is 28.6 Å². The van der Waals surface area contributed by atoms with Crippen LogP contribution < -0.4 is 10.6 Å². The fourth-order valence-electron chi connectivity index (χ4n) is 5.86. The number of sulfonamides is 1. The summed E-state index contributed by atoms with van der Waals surface area (Å²) in [6.45, 7) is 7.83. The zero-order valence-electron chi connectivity index (χ0n) is 21.5. The molecule has 0 radical (unpaired) electrons. The molecule has 2 fully saturated rings. The molecule has 10 heteroatoms. The van der Waals surface area contributed by atoms with Crippen LogP contribution in [0.5, 0.6) is 0 Å². The Kier molecular flexibility index (Phi) is 7.18. The molecule has 0 aromatic heterocycles. The van der Waals surface area contributed by atoms with E-state index in [0.717, 1.165) is 19.3 Å². The minimum Gasteiger partial charge on any atom is -0.452 e. The summed E-state index contributed by atoms with van der Waals surface area (Å²) in [7, 11) is -3.80. The number of nitrogens with zero attached hydrogens (tertiary/aromatic N) is 1. The number of carbonyl (C=O) groups excluding carboxylic acids is 3. The SMILES string of the molecule is CC(=O)Nc1ccc(NC(=O)COC(=O)c2cccc(S(=O)(=O)N3CC4(C)CC3CC(C)(C)C4)c2)cc1. The maximum Gasteiger partial charge on any atom is 0.338 e. The highest BCUT2D eigenvalue weighted by molar-refractivity contribution is 7.89. The molecule has 9 nitrogen and oxygen atoms in total. The van der Waals surface area contributed by atoms with Gasteiger partial charge in [0.2, 0.25) is 15.9 Å². The summed E-state index contributed by atoms with van der Waals surface area (Å²) in [5.74, 6) is -1.55. The smallest absolute Gasteiger partial charge is 0.338 e. The van der Waals surface area contributed by atoms with Crippen LogP contribution in [-0.4, -0.2) is 49.7 Å². The highest BCUT2D eigenvalue weighted by atomic mass is 32.2. The van der Waals surface area contributed by atoms with Crippen molar-refractivity contribution in [2.75, 3.05) is 23.8 Å². The summed E-state index contributed by atoms with van der Waals surface area (Å²) in [4.78, 5) is 36.0. The van der Waals surface area contributed by atoms with Crippen LogP contribution in [-0.2, 0) is 24.3 Å². The molecule has 0 spiro atoms. The van der Waals surface area contributed by atoms with Gasteiger partial charge in [0.15, 0.2) is 6.61 Å². The Hall–Kier alpha value is -3.24. The number of amides is 2. The summed E-state index contributed by atoms with van der Waals surface area (Å²) in [5, 5.41) is 5.23. The Morgan fingerprint density at radius 2 is 1.65 bits per heavy atom. The van der Waals surface area contributed by atoms with Crippen LogP contribution in [0, 0.1) is 10.8 Å². The second kappa shape index (κ2) is 9.90. The molecule has 2 bridgehead atoms. The lowest BCUT2D eigenvalue weighted by Crippen LogP contribution is -2.37. The average Bonchev–Trinajstić information content (AvgIpc) is 3.07. The van der Waals surface area contributed by atoms with Gasteiger partial charge >= 0.3 is 5.97 Å². The maximum absolute atomic E-state index is 13.5. The fraction of sp³-hybridized carbons (Fsp3) is 0.444. The molecule has 2 unspecified atom stereocenters. The number of hydrogen-bond donors (Lipinski definition) is 2. The second-order valence-electron chi connectivity index (χ2n) is 11.2. The van der Waals surface area contributed by atoms with Gasteiger partial charge in [-0.3, -0.25) is 9.59 Å². The first-order valence-electron chi connectivity index (χ1n) is 12.2. The number of ether oxygens (including phenoxy) is 1. The molecule has 2 aliphatic rings. The molecule has 1 saturated carbocycles. The number of esters is 1. The van der Waals surface area contributed by atoms with E-state index in [-0.39, 0.29) is 33.2 Å². The Morgan fingerprint density at radius 1 is 1.00 bits per heavy atom. The summed E-state index contributed by atoms with van der Waals surface area (Å²) >= 11 is 0. The Bertz CT molecular complexity index is 1320. The van der Waals surface area contributed by atoms with Crippen molar-refractivity contribution < 1.29 is 27.5 Å². The molecular formula is C27H33N3O6S. The molecular weight excluding hydrogens is 494 g/mol. The van der Waals surface area contributed by atoms with Crippen molar-refractivity contribution in [3.05, 3.63) is 54.1 Å². The Morgan fingerprint density at radius 3 is 2.30 bits per heavy atom. The highest BCUT2D eigenvalue weighted by Crippen LogP contribution is 2.53. The number of carbonyl (C=O) groups is 3. The van der Waals surface area contributed by atoms with Crippen molar-refractivity contribution in [2.45, 2.75) is 57.9 Å². The zero-order chi connectivity index (χ0) is 27.0. The minimum atomic E-state index is -3.80. The van der Waals surface area contributed by atoms with Gasteiger partial charge in [0.05, 0.1) is 10.5 Å². The van der Waals surface area contributed by atoms with Crippen molar-refractivity contribution >= 4 is 39.2 Å². The zero-order valence-corrected chi connectivity index (χ0v) is 22.4. The van der Waals surface area contributed by atoms with Crippen LogP contribution in [0.3, 0.4) is 0 Å². The van der Waals surface area contributed by atoms with E-state index in [1.165, 1.54) is 31.2 Å². The molecule has 2 aromatic rings. The van der Waals surface area contributed by atoms with E-state index in [4.69, 9.17) is 4.74 Å². The molecule has 198 valence electrons. The third-order valence-electron chi connectivity index (χ3n) is 6.87. The number of hydrogen-bond acceptors (Lipinski definition) is 6. The van der Waals surface area contributed by atoms with Crippen LogP contribution >= 0.6 is 0 Å². The lowest BCUT2D eigenvalue weighted by Gasteiger charge is -2.39. The first-order valence-corrected chi connectivity index (χ1v) is 13.7. The Balaban J connectivity index is 1.38. The van der Waals surface area contributed by atoms with Gasteiger partial charge in [0.1, 0.15) is 0 Å². The lowest BCUT2D eigenvalue weighted by molar-refractivity contribution is -0.119. The summed E-state index contributed by atoms with van der Waals surface area (Å²) in [6.07, 6.45) is 2.60. The number of fused-ring (bicyclic) bond motifs is 2. The molecule has 1 heterocycles. The predicted molar refractivity (Wildman–Crippen MR) is 140 cm³/mol. The molecule has 1 aliphatic carbocycles. The number of nitrogens with one attached hydrogen (secondary N) is 2. The van der Waals surface area contributed by atoms with Crippen LogP contribution in [0.4, 0.5) is 11.4 Å². The van der Waals surface area contributed by atoms with Gasteiger partial charge in [-0.15, -0.1) is 0 Å². The van der Waals surface area contributed by atoms with Crippen molar-refractivity contribution in [1.29, 1.82) is 0 Å². The van der Waals surface area contributed by atoms with E-state index in [9.17, 15) is 22.8 Å². The lowest BCUT2D eigenvalue weighted by atomic mass is 9.65. The summed E-state index contributed by atoms with van der Waals surface area (Å²) in [6, 6.07) is 12.2. The van der Waals surface area contributed by atoms with Gasteiger partial charge in [-0.1, -0.05) is 26.8 Å². The maximum atomic E-state index is 13.5. The minimum absolute atomic E-state index is 0.0413. The van der Waals surface area contributed by atoms with Crippen molar-refractivity contribution in [1.82, 2.24) is 4.31 Å². The molecule has 4 rings (SSSR count). The van der Waals surface area contributed by atoms with Gasteiger partial charge < -0.3 is 15.4 Å².